The molecule has 0 amide bonds. The summed E-state index contributed by atoms with van der Waals surface area (Å²) in [5.74, 6) is -0.0756. The average Bonchev–Trinajstić information content (AvgIpc) is 2.38. The van der Waals surface area contributed by atoms with E-state index < -0.39 is 6.61 Å². The van der Waals surface area contributed by atoms with Gasteiger partial charge in [0.25, 0.3) is 0 Å². The second-order valence-electron chi connectivity index (χ2n) is 4.50. The summed E-state index contributed by atoms with van der Waals surface area (Å²) >= 11 is 0. The number of benzene rings is 1. The number of hydrogen-bond donors (Lipinski definition) is 2. The van der Waals surface area contributed by atoms with E-state index >= 15 is 0 Å². The molecule has 1 aliphatic rings. The smallest absolute Gasteiger partial charge is 0.387 e. The highest BCUT2D eigenvalue weighted by Crippen LogP contribution is 2.33. The van der Waals surface area contributed by atoms with Crippen molar-refractivity contribution in [1.29, 1.82) is 0 Å². The third-order valence-corrected chi connectivity index (χ3v) is 3.31. The van der Waals surface area contributed by atoms with Crippen LogP contribution in [0.15, 0.2) is 18.2 Å². The number of rotatable bonds is 4. The van der Waals surface area contributed by atoms with Gasteiger partial charge in [-0.15, -0.1) is 0 Å². The van der Waals surface area contributed by atoms with Crippen LogP contribution in [0.4, 0.5) is 8.78 Å². The lowest BCUT2D eigenvalue weighted by atomic mass is 9.95. The van der Waals surface area contributed by atoms with Crippen molar-refractivity contribution in [1.82, 2.24) is 5.32 Å². The molecule has 0 aliphatic carbocycles. The Morgan fingerprint density at radius 2 is 2.16 bits per heavy atom. The van der Waals surface area contributed by atoms with Gasteiger partial charge in [0.05, 0.1) is 6.10 Å². The Morgan fingerprint density at radius 1 is 1.37 bits per heavy atom. The normalized spacial score (nSPS) is 23.6. The first-order valence-corrected chi connectivity index (χ1v) is 6.14. The number of methoxy groups -OCH3 is 1. The van der Waals surface area contributed by atoms with Crippen LogP contribution in [-0.2, 0) is 4.74 Å². The Hall–Kier alpha value is -1.40. The average molecular weight is 273 g/mol. The van der Waals surface area contributed by atoms with Gasteiger partial charge in [0.1, 0.15) is 11.5 Å². The van der Waals surface area contributed by atoms with Crippen LogP contribution in [0.1, 0.15) is 24.4 Å². The second-order valence-corrected chi connectivity index (χ2v) is 4.50. The molecule has 0 unspecified atom stereocenters. The number of nitrogens with one attached hydrogen (secondary N) is 1. The number of piperidine rings is 1. The molecule has 1 aliphatic heterocycles. The molecule has 6 heteroatoms. The van der Waals surface area contributed by atoms with E-state index in [2.05, 4.69) is 10.1 Å². The van der Waals surface area contributed by atoms with E-state index in [1.165, 1.54) is 12.1 Å². The number of halogens is 2. The Bertz CT molecular complexity index is 420. The van der Waals surface area contributed by atoms with E-state index in [9.17, 15) is 13.9 Å². The number of phenolic OH excluding ortho intramolecular Hbond substituents is 1. The molecule has 2 N–H and O–H groups in total. The Morgan fingerprint density at radius 3 is 2.68 bits per heavy atom. The first-order chi connectivity index (χ1) is 9.10. The highest BCUT2D eigenvalue weighted by molar-refractivity contribution is 5.41. The van der Waals surface area contributed by atoms with Crippen LogP contribution >= 0.6 is 0 Å². The van der Waals surface area contributed by atoms with Crippen molar-refractivity contribution < 1.29 is 23.4 Å². The maximum Gasteiger partial charge on any atom is 0.387 e. The summed E-state index contributed by atoms with van der Waals surface area (Å²) in [5.41, 5.74) is 0.691. The van der Waals surface area contributed by atoms with E-state index in [1.54, 1.807) is 13.2 Å². The highest BCUT2D eigenvalue weighted by atomic mass is 19.3. The standard InChI is InChI=1S/C13H17F2NO3/c1-18-9-3-5-11(16-7-9)10-4-2-8(6-12(10)17)19-13(14)15/h2,4,6,9,11,13,16-17H,3,5,7H2,1H3/t9-,11+/m0/s1. The number of aromatic hydroxyl groups is 1. The Balaban J connectivity index is 2.05. The molecule has 0 bridgehead atoms. The third kappa shape index (κ3) is 3.54. The van der Waals surface area contributed by atoms with Gasteiger partial charge in [0, 0.05) is 31.3 Å². The SMILES string of the molecule is CO[C@H]1CC[C@H](c2ccc(OC(F)F)cc2O)NC1. The van der Waals surface area contributed by atoms with E-state index in [0.29, 0.717) is 12.1 Å². The molecule has 1 heterocycles. The molecule has 0 aromatic heterocycles. The monoisotopic (exact) mass is 273 g/mol. The van der Waals surface area contributed by atoms with E-state index in [-0.39, 0.29) is 23.6 Å². The molecule has 0 saturated carbocycles. The van der Waals surface area contributed by atoms with Gasteiger partial charge in [-0.25, -0.2) is 0 Å². The lowest BCUT2D eigenvalue weighted by Crippen LogP contribution is -2.37. The summed E-state index contributed by atoms with van der Waals surface area (Å²) in [7, 11) is 1.67. The lowest BCUT2D eigenvalue weighted by Gasteiger charge is -2.29. The van der Waals surface area contributed by atoms with Gasteiger partial charge in [0.15, 0.2) is 0 Å². The summed E-state index contributed by atoms with van der Waals surface area (Å²) in [6.07, 6.45) is 1.89. The molecular weight excluding hydrogens is 256 g/mol. The summed E-state index contributed by atoms with van der Waals surface area (Å²) in [6, 6.07) is 4.27. The summed E-state index contributed by atoms with van der Waals surface area (Å²) in [5, 5.41) is 13.1. The molecule has 2 rings (SSSR count). The molecule has 2 atom stereocenters. The van der Waals surface area contributed by atoms with Gasteiger partial charge in [-0.05, 0) is 18.9 Å². The van der Waals surface area contributed by atoms with Crippen molar-refractivity contribution in [3.63, 3.8) is 0 Å². The van der Waals surface area contributed by atoms with Crippen molar-refractivity contribution >= 4 is 0 Å². The van der Waals surface area contributed by atoms with Crippen molar-refractivity contribution in [2.75, 3.05) is 13.7 Å². The minimum atomic E-state index is -2.89. The molecule has 1 fully saturated rings. The molecule has 1 aromatic carbocycles. The van der Waals surface area contributed by atoms with Crippen LogP contribution in [-0.4, -0.2) is 31.5 Å². The minimum absolute atomic E-state index is 0.00648. The maximum absolute atomic E-state index is 12.1. The van der Waals surface area contributed by atoms with Crippen LogP contribution in [0.25, 0.3) is 0 Å². The zero-order chi connectivity index (χ0) is 13.8. The third-order valence-electron chi connectivity index (χ3n) is 3.31. The van der Waals surface area contributed by atoms with Crippen molar-refractivity contribution in [2.24, 2.45) is 0 Å². The van der Waals surface area contributed by atoms with Crippen LogP contribution in [0.5, 0.6) is 11.5 Å². The fourth-order valence-corrected chi connectivity index (χ4v) is 2.29. The van der Waals surface area contributed by atoms with Crippen molar-refractivity contribution in [2.45, 2.75) is 31.6 Å². The molecule has 1 saturated heterocycles. The van der Waals surface area contributed by atoms with Gasteiger partial charge in [-0.3, -0.25) is 0 Å². The fraction of sp³-hybridized carbons (Fsp3) is 0.538. The van der Waals surface area contributed by atoms with Crippen LogP contribution in [0.2, 0.25) is 0 Å². The number of hydrogen-bond acceptors (Lipinski definition) is 4. The number of phenols is 1. The highest BCUT2D eigenvalue weighted by Gasteiger charge is 2.23. The van der Waals surface area contributed by atoms with Crippen molar-refractivity contribution in [3.8, 4) is 11.5 Å². The zero-order valence-electron chi connectivity index (χ0n) is 10.6. The van der Waals surface area contributed by atoms with Crippen molar-refractivity contribution in [3.05, 3.63) is 23.8 Å². The number of ether oxygens (including phenoxy) is 2. The first-order valence-electron chi connectivity index (χ1n) is 6.14. The molecule has 106 valence electrons. The largest absolute Gasteiger partial charge is 0.507 e. The molecule has 1 aromatic rings. The Labute approximate surface area is 110 Å². The summed E-state index contributed by atoms with van der Waals surface area (Å²) < 4.78 is 33.6. The quantitative estimate of drug-likeness (QED) is 0.884. The molecule has 19 heavy (non-hydrogen) atoms. The fourth-order valence-electron chi connectivity index (χ4n) is 2.29. The minimum Gasteiger partial charge on any atom is -0.507 e. The van der Waals surface area contributed by atoms with Gasteiger partial charge in [0.2, 0.25) is 0 Å². The summed E-state index contributed by atoms with van der Waals surface area (Å²) in [4.78, 5) is 0. The van der Waals surface area contributed by atoms with E-state index in [4.69, 9.17) is 4.74 Å². The molecule has 0 radical (unpaired) electrons. The molecule has 4 nitrogen and oxygen atoms in total. The molecular formula is C13H17F2NO3. The van der Waals surface area contributed by atoms with Gasteiger partial charge in [-0.1, -0.05) is 6.07 Å². The predicted molar refractivity (Wildman–Crippen MR) is 65.5 cm³/mol. The molecule has 0 spiro atoms. The van der Waals surface area contributed by atoms with Crippen LogP contribution in [0, 0.1) is 0 Å². The van der Waals surface area contributed by atoms with E-state index in [0.717, 1.165) is 12.8 Å². The topological polar surface area (TPSA) is 50.7 Å². The van der Waals surface area contributed by atoms with Gasteiger partial charge >= 0.3 is 6.61 Å². The maximum atomic E-state index is 12.1. The van der Waals surface area contributed by atoms with Crippen LogP contribution in [0.3, 0.4) is 0 Å². The lowest BCUT2D eigenvalue weighted by molar-refractivity contribution is -0.0499. The second kappa shape index (κ2) is 6.16. The summed E-state index contributed by atoms with van der Waals surface area (Å²) in [6.45, 7) is -2.18. The van der Waals surface area contributed by atoms with Gasteiger partial charge < -0.3 is 19.9 Å². The zero-order valence-corrected chi connectivity index (χ0v) is 10.6. The van der Waals surface area contributed by atoms with E-state index in [1.807, 2.05) is 0 Å². The van der Waals surface area contributed by atoms with Crippen LogP contribution < -0.4 is 10.1 Å². The van der Waals surface area contributed by atoms with Gasteiger partial charge in [-0.2, -0.15) is 8.78 Å². The first kappa shape index (κ1) is 14.0. The predicted octanol–water partition coefficient (Wildman–Crippen LogP) is 2.43. The Kier molecular flexibility index (Phi) is 4.55. The number of alkyl halides is 2.